The molecule has 3 rings (SSSR count). The second kappa shape index (κ2) is 5.93. The van der Waals surface area contributed by atoms with Gasteiger partial charge >= 0.3 is 0 Å². The molecule has 1 aromatic carbocycles. The topological polar surface area (TPSA) is 30.5 Å². The van der Waals surface area contributed by atoms with Crippen LogP contribution < -0.4 is 10.1 Å². The first kappa shape index (κ1) is 14.8. The largest absolute Gasteiger partial charge is 0.490 e. The summed E-state index contributed by atoms with van der Waals surface area (Å²) in [6.45, 7) is 2.80. The summed E-state index contributed by atoms with van der Waals surface area (Å²) in [4.78, 5) is 0. The molecule has 1 saturated heterocycles. The van der Waals surface area contributed by atoms with Gasteiger partial charge in [0.25, 0.3) is 0 Å². The first-order valence-corrected chi connectivity index (χ1v) is 7.89. The van der Waals surface area contributed by atoms with Crippen molar-refractivity contribution in [1.29, 1.82) is 0 Å². The minimum atomic E-state index is -0.248. The number of rotatable bonds is 4. The molecule has 0 amide bonds. The molecule has 4 heteroatoms. The van der Waals surface area contributed by atoms with Crippen LogP contribution in [0.5, 0.6) is 5.75 Å². The van der Waals surface area contributed by atoms with E-state index in [2.05, 4.69) is 12.2 Å². The summed E-state index contributed by atoms with van der Waals surface area (Å²) < 4.78 is 25.7. The van der Waals surface area contributed by atoms with E-state index < -0.39 is 0 Å². The van der Waals surface area contributed by atoms with E-state index in [1.165, 1.54) is 18.6 Å². The zero-order valence-corrected chi connectivity index (χ0v) is 12.8. The molecule has 0 radical (unpaired) electrons. The molecule has 1 N–H and O–H groups in total. The van der Waals surface area contributed by atoms with Crippen LogP contribution in [-0.4, -0.2) is 25.4 Å². The van der Waals surface area contributed by atoms with Crippen LogP contribution in [0.1, 0.15) is 50.6 Å². The van der Waals surface area contributed by atoms with Crippen molar-refractivity contribution in [1.82, 2.24) is 5.32 Å². The highest BCUT2D eigenvalue weighted by molar-refractivity contribution is 5.36. The van der Waals surface area contributed by atoms with Gasteiger partial charge in [0.15, 0.2) is 0 Å². The van der Waals surface area contributed by atoms with Crippen LogP contribution in [0.15, 0.2) is 18.2 Å². The fraction of sp³-hybridized carbons (Fsp3) is 0.647. The molecule has 0 aromatic heterocycles. The number of hydrogen-bond acceptors (Lipinski definition) is 3. The van der Waals surface area contributed by atoms with Crippen molar-refractivity contribution >= 4 is 0 Å². The molecule has 2 fully saturated rings. The molecule has 1 saturated carbocycles. The fourth-order valence-electron chi connectivity index (χ4n) is 3.31. The molecule has 1 aliphatic carbocycles. The quantitative estimate of drug-likeness (QED) is 0.920. The van der Waals surface area contributed by atoms with Gasteiger partial charge in [-0.15, -0.1) is 0 Å². The molecule has 1 heterocycles. The Balaban J connectivity index is 1.75. The molecule has 116 valence electrons. The second-order valence-corrected chi connectivity index (χ2v) is 6.31. The third-order valence-corrected chi connectivity index (χ3v) is 4.88. The SMILES string of the molecule is CNC(C)c1ccc(F)cc1OC1CCOC2(CCC2)C1. The average molecular weight is 293 g/mol. The van der Waals surface area contributed by atoms with Crippen molar-refractivity contribution in [3.63, 3.8) is 0 Å². The summed E-state index contributed by atoms with van der Waals surface area (Å²) >= 11 is 0. The van der Waals surface area contributed by atoms with Crippen LogP contribution in [0.3, 0.4) is 0 Å². The lowest BCUT2D eigenvalue weighted by Gasteiger charge is -2.47. The molecular formula is C17H24FNO2. The Morgan fingerprint density at radius 2 is 2.24 bits per heavy atom. The van der Waals surface area contributed by atoms with E-state index in [1.54, 1.807) is 0 Å². The van der Waals surface area contributed by atoms with Gasteiger partial charge in [0.05, 0.1) is 12.2 Å². The smallest absolute Gasteiger partial charge is 0.127 e. The predicted molar refractivity (Wildman–Crippen MR) is 80.1 cm³/mol. The highest BCUT2D eigenvalue weighted by Gasteiger charge is 2.43. The maximum absolute atomic E-state index is 13.6. The van der Waals surface area contributed by atoms with Crippen LogP contribution >= 0.6 is 0 Å². The van der Waals surface area contributed by atoms with Gasteiger partial charge in [0, 0.05) is 30.5 Å². The zero-order valence-electron chi connectivity index (χ0n) is 12.8. The van der Waals surface area contributed by atoms with Crippen molar-refractivity contribution in [3.05, 3.63) is 29.6 Å². The lowest BCUT2D eigenvalue weighted by atomic mass is 9.74. The van der Waals surface area contributed by atoms with Gasteiger partial charge in [-0.05, 0) is 39.3 Å². The maximum atomic E-state index is 13.6. The van der Waals surface area contributed by atoms with Crippen LogP contribution in [0.25, 0.3) is 0 Å². The number of halogens is 1. The minimum Gasteiger partial charge on any atom is -0.490 e. The lowest BCUT2D eigenvalue weighted by molar-refractivity contribution is -0.153. The van der Waals surface area contributed by atoms with Gasteiger partial charge in [0.2, 0.25) is 0 Å². The van der Waals surface area contributed by atoms with E-state index in [4.69, 9.17) is 9.47 Å². The Bertz CT molecular complexity index is 502. The number of ether oxygens (including phenoxy) is 2. The zero-order chi connectivity index (χ0) is 14.9. The van der Waals surface area contributed by atoms with E-state index in [1.807, 2.05) is 13.1 Å². The Labute approximate surface area is 125 Å². The van der Waals surface area contributed by atoms with Gasteiger partial charge in [-0.1, -0.05) is 6.07 Å². The van der Waals surface area contributed by atoms with Gasteiger partial charge in [0.1, 0.15) is 17.7 Å². The average Bonchev–Trinajstić information content (AvgIpc) is 2.45. The summed E-state index contributed by atoms with van der Waals surface area (Å²) in [6, 6.07) is 4.95. The van der Waals surface area contributed by atoms with Crippen molar-refractivity contribution in [2.45, 2.75) is 56.8 Å². The third kappa shape index (κ3) is 3.06. The number of hydrogen-bond donors (Lipinski definition) is 1. The standard InChI is InChI=1S/C17H24FNO2/c1-12(19-2)15-5-4-13(18)10-16(15)21-14-6-9-20-17(11-14)7-3-8-17/h4-5,10,12,14,19H,3,6-9,11H2,1-2H3. The summed E-state index contributed by atoms with van der Waals surface area (Å²) in [5, 5.41) is 3.19. The van der Waals surface area contributed by atoms with E-state index in [0.29, 0.717) is 5.75 Å². The van der Waals surface area contributed by atoms with Crippen LogP contribution in [-0.2, 0) is 4.74 Å². The normalized spacial score (nSPS) is 25.4. The number of nitrogens with one attached hydrogen (secondary N) is 1. The molecule has 21 heavy (non-hydrogen) atoms. The van der Waals surface area contributed by atoms with Crippen molar-refractivity contribution < 1.29 is 13.9 Å². The van der Waals surface area contributed by atoms with E-state index in [9.17, 15) is 4.39 Å². The third-order valence-electron chi connectivity index (χ3n) is 4.88. The van der Waals surface area contributed by atoms with E-state index in [-0.39, 0.29) is 23.6 Å². The molecule has 0 bridgehead atoms. The molecular weight excluding hydrogens is 269 g/mol. The monoisotopic (exact) mass is 293 g/mol. The highest BCUT2D eigenvalue weighted by atomic mass is 19.1. The fourth-order valence-corrected chi connectivity index (χ4v) is 3.31. The predicted octanol–water partition coefficient (Wildman–Crippen LogP) is 3.59. The first-order valence-electron chi connectivity index (χ1n) is 7.89. The van der Waals surface area contributed by atoms with Crippen molar-refractivity contribution in [3.8, 4) is 5.75 Å². The van der Waals surface area contributed by atoms with Gasteiger partial charge in [-0.25, -0.2) is 4.39 Å². The van der Waals surface area contributed by atoms with Crippen LogP contribution in [0, 0.1) is 5.82 Å². The lowest BCUT2D eigenvalue weighted by Crippen LogP contribution is -2.48. The van der Waals surface area contributed by atoms with Crippen molar-refractivity contribution in [2.75, 3.05) is 13.7 Å². The molecule has 1 aliphatic heterocycles. The maximum Gasteiger partial charge on any atom is 0.127 e. The summed E-state index contributed by atoms with van der Waals surface area (Å²) in [7, 11) is 1.90. The van der Waals surface area contributed by atoms with Gasteiger partial charge < -0.3 is 14.8 Å². The van der Waals surface area contributed by atoms with E-state index >= 15 is 0 Å². The molecule has 2 atom stereocenters. The Kier molecular flexibility index (Phi) is 4.18. The molecule has 2 aliphatic rings. The van der Waals surface area contributed by atoms with Gasteiger partial charge in [-0.3, -0.25) is 0 Å². The summed E-state index contributed by atoms with van der Waals surface area (Å²) in [5.41, 5.74) is 1.05. The molecule has 1 aromatic rings. The minimum absolute atomic E-state index is 0.0467. The molecule has 3 nitrogen and oxygen atoms in total. The first-order chi connectivity index (χ1) is 10.1. The summed E-state index contributed by atoms with van der Waals surface area (Å²) in [6.07, 6.45) is 5.45. The molecule has 2 unspecified atom stereocenters. The van der Waals surface area contributed by atoms with Crippen LogP contribution in [0.2, 0.25) is 0 Å². The van der Waals surface area contributed by atoms with Crippen molar-refractivity contribution in [2.24, 2.45) is 0 Å². The summed E-state index contributed by atoms with van der Waals surface area (Å²) in [5.74, 6) is 0.417. The van der Waals surface area contributed by atoms with Crippen LogP contribution in [0.4, 0.5) is 4.39 Å². The Morgan fingerprint density at radius 1 is 1.43 bits per heavy atom. The molecule has 1 spiro atoms. The Hall–Kier alpha value is -1.13. The Morgan fingerprint density at radius 3 is 2.90 bits per heavy atom. The highest BCUT2D eigenvalue weighted by Crippen LogP contribution is 2.43. The van der Waals surface area contributed by atoms with E-state index in [0.717, 1.165) is 37.9 Å². The number of benzene rings is 1. The van der Waals surface area contributed by atoms with Gasteiger partial charge in [-0.2, -0.15) is 0 Å². The second-order valence-electron chi connectivity index (χ2n) is 6.31.